The Hall–Kier alpha value is -6.00. The van der Waals surface area contributed by atoms with Crippen LogP contribution in [0.5, 0.6) is 0 Å². The highest BCUT2D eigenvalue weighted by atomic mass is 16.3. The van der Waals surface area contributed by atoms with E-state index in [1.54, 1.807) is 0 Å². The molecule has 4 heteroatoms. The highest BCUT2D eigenvalue weighted by Crippen LogP contribution is 2.44. The Balaban J connectivity index is 1.26. The van der Waals surface area contributed by atoms with Gasteiger partial charge < -0.3 is 18.0 Å². The largest absolute Gasteiger partial charge is 0.456 e. The van der Waals surface area contributed by atoms with Crippen molar-refractivity contribution in [3.05, 3.63) is 139 Å². The number of fused-ring (bicyclic) bond motifs is 13. The Kier molecular flexibility index (Phi) is 4.66. The molecule has 4 heterocycles. The van der Waals surface area contributed by atoms with Crippen molar-refractivity contribution in [2.75, 3.05) is 0 Å². The van der Waals surface area contributed by atoms with E-state index in [4.69, 9.17) is 8.83 Å². The number of rotatable bonds is 2. The van der Waals surface area contributed by atoms with Crippen molar-refractivity contribution >= 4 is 82.7 Å². The molecule has 0 saturated heterocycles. The van der Waals surface area contributed by atoms with Crippen LogP contribution in [0.25, 0.3) is 94.0 Å². The van der Waals surface area contributed by atoms with Gasteiger partial charge in [-0.2, -0.15) is 0 Å². The van der Waals surface area contributed by atoms with Gasteiger partial charge in [0.1, 0.15) is 22.3 Å². The van der Waals surface area contributed by atoms with Crippen LogP contribution < -0.4 is 0 Å². The summed E-state index contributed by atoms with van der Waals surface area (Å²) in [5.41, 5.74) is 12.2. The van der Waals surface area contributed by atoms with Gasteiger partial charge in [-0.3, -0.25) is 0 Å². The lowest BCUT2D eigenvalue weighted by Gasteiger charge is -2.13. The van der Waals surface area contributed by atoms with Crippen molar-refractivity contribution in [3.63, 3.8) is 0 Å². The van der Waals surface area contributed by atoms with Gasteiger partial charge in [-0.25, -0.2) is 0 Å². The molecule has 0 amide bonds. The number of aryl methyl sites for hydroxylation is 1. The lowest BCUT2D eigenvalue weighted by Crippen LogP contribution is -2.00. The Labute approximate surface area is 263 Å². The summed E-state index contributed by atoms with van der Waals surface area (Å²) in [4.78, 5) is 0. The van der Waals surface area contributed by atoms with Gasteiger partial charge in [0, 0.05) is 60.8 Å². The Morgan fingerprint density at radius 2 is 1.13 bits per heavy atom. The third-order valence-corrected chi connectivity index (χ3v) is 9.99. The highest BCUT2D eigenvalue weighted by molar-refractivity contribution is 6.22. The normalized spacial score (nSPS) is 13.4. The van der Waals surface area contributed by atoms with E-state index in [1.165, 1.54) is 44.0 Å². The van der Waals surface area contributed by atoms with Gasteiger partial charge in [-0.1, -0.05) is 66.7 Å². The van der Waals surface area contributed by atoms with Crippen LogP contribution in [0, 0.1) is 0 Å². The van der Waals surface area contributed by atoms with Crippen LogP contribution in [0.2, 0.25) is 0 Å². The van der Waals surface area contributed by atoms with Crippen molar-refractivity contribution in [3.8, 4) is 11.4 Å². The molecule has 216 valence electrons. The van der Waals surface area contributed by atoms with E-state index in [1.807, 2.05) is 24.3 Å². The first-order valence-corrected chi connectivity index (χ1v) is 15.9. The summed E-state index contributed by atoms with van der Waals surface area (Å²) < 4.78 is 17.5. The van der Waals surface area contributed by atoms with Crippen LogP contribution in [-0.2, 0) is 6.42 Å². The fraction of sp³-hybridized carbons (Fsp3) is 0.0476. The summed E-state index contributed by atoms with van der Waals surface area (Å²) in [5.74, 6) is 0. The first-order valence-electron chi connectivity index (χ1n) is 15.9. The Morgan fingerprint density at radius 3 is 2.00 bits per heavy atom. The monoisotopic (exact) mass is 590 g/mol. The van der Waals surface area contributed by atoms with Crippen molar-refractivity contribution in [1.29, 1.82) is 0 Å². The molecule has 46 heavy (non-hydrogen) atoms. The molecule has 4 aromatic heterocycles. The van der Waals surface area contributed by atoms with Crippen LogP contribution >= 0.6 is 0 Å². The summed E-state index contributed by atoms with van der Waals surface area (Å²) in [5, 5.41) is 8.38. The van der Waals surface area contributed by atoms with Crippen LogP contribution in [0.15, 0.2) is 136 Å². The van der Waals surface area contributed by atoms with E-state index < -0.39 is 0 Å². The molecule has 1 aliphatic carbocycles. The molecule has 0 saturated carbocycles. The lowest BCUT2D eigenvalue weighted by molar-refractivity contribution is 0.668. The molecule has 1 aliphatic rings. The molecule has 0 aliphatic heterocycles. The van der Waals surface area contributed by atoms with Crippen LogP contribution in [-0.4, -0.2) is 9.13 Å². The van der Waals surface area contributed by atoms with Crippen molar-refractivity contribution in [2.24, 2.45) is 0 Å². The molecule has 0 N–H and O–H groups in total. The SMILES string of the molecule is C1=Cc2c(c3ccc4c(c5ccccc5n4-c4ccc5c(c4)oc4ccccc45)c3n2-c2ccc3oc4ccccc4c3c2)CC1. The first-order chi connectivity index (χ1) is 22.8. The molecule has 0 atom stereocenters. The Bertz CT molecular complexity index is 2920. The molecule has 11 rings (SSSR count). The van der Waals surface area contributed by atoms with Crippen LogP contribution in [0.3, 0.4) is 0 Å². The number of benzene rings is 6. The number of allylic oxidation sites excluding steroid dienone is 1. The summed E-state index contributed by atoms with van der Waals surface area (Å²) >= 11 is 0. The smallest absolute Gasteiger partial charge is 0.137 e. The lowest BCUT2D eigenvalue weighted by atomic mass is 10.00. The third-order valence-electron chi connectivity index (χ3n) is 9.99. The summed E-state index contributed by atoms with van der Waals surface area (Å²) in [7, 11) is 0. The number of para-hydroxylation sites is 3. The van der Waals surface area contributed by atoms with Crippen molar-refractivity contribution in [1.82, 2.24) is 9.13 Å². The maximum atomic E-state index is 6.34. The zero-order valence-electron chi connectivity index (χ0n) is 24.8. The molecule has 0 unspecified atom stereocenters. The molecule has 4 nitrogen and oxygen atoms in total. The number of aromatic nitrogens is 2. The van der Waals surface area contributed by atoms with E-state index in [0.29, 0.717) is 0 Å². The maximum Gasteiger partial charge on any atom is 0.137 e. The van der Waals surface area contributed by atoms with E-state index in [-0.39, 0.29) is 0 Å². The van der Waals surface area contributed by atoms with Crippen molar-refractivity contribution < 1.29 is 8.83 Å². The number of nitrogens with zero attached hydrogens (tertiary/aromatic N) is 2. The van der Waals surface area contributed by atoms with Crippen LogP contribution in [0.4, 0.5) is 0 Å². The average molecular weight is 591 g/mol. The maximum absolute atomic E-state index is 6.34. The Morgan fingerprint density at radius 1 is 0.478 bits per heavy atom. The molecule has 0 spiro atoms. The van der Waals surface area contributed by atoms with Gasteiger partial charge >= 0.3 is 0 Å². The number of hydrogen-bond acceptors (Lipinski definition) is 2. The average Bonchev–Trinajstić information content (AvgIpc) is 3.85. The first kappa shape index (κ1) is 24.3. The van der Waals surface area contributed by atoms with E-state index in [9.17, 15) is 0 Å². The van der Waals surface area contributed by atoms with Gasteiger partial charge in [-0.05, 0) is 79.1 Å². The van der Waals surface area contributed by atoms with Gasteiger partial charge in [0.25, 0.3) is 0 Å². The number of hydrogen-bond donors (Lipinski definition) is 0. The van der Waals surface area contributed by atoms with Gasteiger partial charge in [0.15, 0.2) is 0 Å². The number of furan rings is 2. The minimum absolute atomic E-state index is 0.898. The molecular formula is C42H26N2O2. The van der Waals surface area contributed by atoms with E-state index in [2.05, 4.69) is 118 Å². The summed E-state index contributed by atoms with van der Waals surface area (Å²) in [6, 6.07) is 43.3. The fourth-order valence-corrected chi connectivity index (χ4v) is 8.03. The topological polar surface area (TPSA) is 36.1 Å². The molecule has 0 fully saturated rings. The zero-order chi connectivity index (χ0) is 29.9. The fourth-order valence-electron chi connectivity index (χ4n) is 8.03. The minimum atomic E-state index is 0.898. The van der Waals surface area contributed by atoms with Crippen LogP contribution in [0.1, 0.15) is 17.7 Å². The predicted octanol–water partition coefficient (Wildman–Crippen LogP) is 11.5. The predicted molar refractivity (Wildman–Crippen MR) is 190 cm³/mol. The van der Waals surface area contributed by atoms with E-state index in [0.717, 1.165) is 68.1 Å². The second-order valence-corrected chi connectivity index (χ2v) is 12.4. The molecule has 0 radical (unpaired) electrons. The van der Waals surface area contributed by atoms with Crippen molar-refractivity contribution in [2.45, 2.75) is 12.8 Å². The summed E-state index contributed by atoms with van der Waals surface area (Å²) in [6.07, 6.45) is 6.71. The molecule has 10 aromatic rings. The second kappa shape index (κ2) is 8.80. The van der Waals surface area contributed by atoms with E-state index >= 15 is 0 Å². The molecule has 0 bridgehead atoms. The summed E-state index contributed by atoms with van der Waals surface area (Å²) in [6.45, 7) is 0. The standard InChI is InChI=1S/C42H26N2O2/c1-5-13-34-27(9-1)31-20-21-36-41(42(31)44(34)25-18-22-39-33(23-25)29-11-4-8-16-38(29)45-39)32-12-2-6-14-35(32)43(36)26-17-19-30-28-10-3-7-15-37(28)46-40(30)24-26/h2-8,10-24H,1,9H2. The highest BCUT2D eigenvalue weighted by Gasteiger charge is 2.24. The zero-order valence-corrected chi connectivity index (χ0v) is 24.8. The van der Waals surface area contributed by atoms with Gasteiger partial charge in [0.05, 0.1) is 16.6 Å². The minimum Gasteiger partial charge on any atom is -0.456 e. The third kappa shape index (κ3) is 3.13. The molecular weight excluding hydrogens is 564 g/mol. The second-order valence-electron chi connectivity index (χ2n) is 12.4. The van der Waals surface area contributed by atoms with Gasteiger partial charge in [-0.15, -0.1) is 0 Å². The molecule has 6 aromatic carbocycles. The quantitative estimate of drug-likeness (QED) is 0.201. The van der Waals surface area contributed by atoms with Gasteiger partial charge in [0.2, 0.25) is 0 Å².